The number of nitrogens with zero attached hydrogens (tertiary/aromatic N) is 4. The molecule has 1 N–H and O–H groups in total. The van der Waals surface area contributed by atoms with Gasteiger partial charge in [0.15, 0.2) is 0 Å². The van der Waals surface area contributed by atoms with Crippen LogP contribution in [0.5, 0.6) is 5.75 Å². The molecule has 4 heterocycles. The molecule has 9 nitrogen and oxygen atoms in total. The Bertz CT molecular complexity index is 1840. The van der Waals surface area contributed by atoms with E-state index in [1.807, 2.05) is 24.3 Å². The molecule has 7 rings (SSSR count). The zero-order valence-corrected chi connectivity index (χ0v) is 26.0. The van der Waals surface area contributed by atoms with Crippen molar-refractivity contribution in [2.24, 2.45) is 0 Å². The molecule has 2 saturated heterocycles. The van der Waals surface area contributed by atoms with E-state index < -0.39 is 17.9 Å². The number of likely N-dealkylation sites (tertiary alicyclic amines) is 1. The lowest BCUT2D eigenvalue weighted by atomic mass is 9.87. The van der Waals surface area contributed by atoms with Crippen LogP contribution in [0.3, 0.4) is 0 Å². The highest BCUT2D eigenvalue weighted by Crippen LogP contribution is 2.42. The largest absolute Gasteiger partial charge is 0.481 e. The Hall–Kier alpha value is -4.54. The van der Waals surface area contributed by atoms with E-state index in [2.05, 4.69) is 15.5 Å². The highest BCUT2D eigenvalue weighted by atomic mass is 19.1. The number of carboxylic acids is 1. The maximum Gasteiger partial charge on any atom is 0.335 e. The van der Waals surface area contributed by atoms with E-state index in [0.29, 0.717) is 24.2 Å². The Morgan fingerprint density at radius 2 is 1.80 bits per heavy atom. The molecule has 3 aliphatic rings. The van der Waals surface area contributed by atoms with E-state index in [1.165, 1.54) is 11.0 Å². The van der Waals surface area contributed by atoms with Crippen LogP contribution in [0, 0.1) is 5.82 Å². The Morgan fingerprint density at radius 3 is 2.50 bits per heavy atom. The number of aromatic nitrogens is 2. The summed E-state index contributed by atoms with van der Waals surface area (Å²) in [6.07, 6.45) is 6.22. The summed E-state index contributed by atoms with van der Waals surface area (Å²) in [6.45, 7) is 3.81. The second-order valence-corrected chi connectivity index (χ2v) is 12.6. The van der Waals surface area contributed by atoms with Gasteiger partial charge in [-0.25, -0.2) is 14.2 Å². The van der Waals surface area contributed by atoms with Crippen molar-refractivity contribution in [3.8, 4) is 5.75 Å². The SMILES string of the molecule is CN(C)C(=O)c1ccc(C2C=Cc3cccc(C4CCN(Cc5nc6ccc(C(=O)O)cc6n5C[C@@H]5CCO5)CC4)c3O2)c(F)c1. The molecule has 0 saturated carbocycles. The van der Waals surface area contributed by atoms with Gasteiger partial charge in [-0.1, -0.05) is 30.3 Å². The molecule has 3 aliphatic heterocycles. The third-order valence-electron chi connectivity index (χ3n) is 9.38. The molecule has 10 heteroatoms. The number of carboxylic acid groups (broad SMARTS) is 1. The Balaban J connectivity index is 1.06. The topological polar surface area (TPSA) is 97.1 Å². The first kappa shape index (κ1) is 30.1. The van der Waals surface area contributed by atoms with Crippen molar-refractivity contribution in [2.75, 3.05) is 33.8 Å². The molecule has 3 aromatic carbocycles. The molecular formula is C36H37FN4O5. The van der Waals surface area contributed by atoms with Gasteiger partial charge in [0.1, 0.15) is 23.5 Å². The predicted octanol–water partition coefficient (Wildman–Crippen LogP) is 5.89. The van der Waals surface area contributed by atoms with Crippen LogP contribution in [0.2, 0.25) is 0 Å². The van der Waals surface area contributed by atoms with Crippen LogP contribution in [-0.4, -0.2) is 76.2 Å². The third-order valence-corrected chi connectivity index (χ3v) is 9.38. The number of hydrogen-bond donors (Lipinski definition) is 1. The maximum absolute atomic E-state index is 15.2. The molecule has 0 bridgehead atoms. The first-order chi connectivity index (χ1) is 22.2. The Kier molecular flexibility index (Phi) is 8.08. The van der Waals surface area contributed by atoms with Gasteiger partial charge < -0.3 is 24.0 Å². The maximum atomic E-state index is 15.2. The van der Waals surface area contributed by atoms with E-state index in [9.17, 15) is 14.7 Å². The fraction of sp³-hybridized carbons (Fsp3) is 0.361. The minimum Gasteiger partial charge on any atom is -0.481 e. The standard InChI is InChI=1S/C36H37FN4O5/c1-39(2)35(42)24-6-9-28(29(37)18-24)32-11-8-23-4-3-5-27(34(23)46-32)22-12-15-40(16-13-22)21-33-38-30-10-7-25(36(43)44)19-31(30)41(33)20-26-14-17-45-26/h3-11,18-19,22,26,32H,12-17,20-21H2,1-2H3,(H,43,44)/t26-,32?/m0/s1. The van der Waals surface area contributed by atoms with E-state index in [1.54, 1.807) is 44.4 Å². The number of hydrogen-bond acceptors (Lipinski definition) is 6. The van der Waals surface area contributed by atoms with E-state index >= 15 is 4.39 Å². The molecule has 2 fully saturated rings. The number of amides is 1. The summed E-state index contributed by atoms with van der Waals surface area (Å²) in [5, 5.41) is 9.56. The lowest BCUT2D eigenvalue weighted by Gasteiger charge is -2.34. The lowest BCUT2D eigenvalue weighted by molar-refractivity contribution is -0.0592. The monoisotopic (exact) mass is 624 g/mol. The Morgan fingerprint density at radius 1 is 1.02 bits per heavy atom. The molecule has 1 amide bonds. The third kappa shape index (κ3) is 5.78. The molecule has 0 spiro atoms. The van der Waals surface area contributed by atoms with Crippen molar-refractivity contribution < 1.29 is 28.6 Å². The van der Waals surface area contributed by atoms with Crippen LogP contribution in [0.15, 0.2) is 60.7 Å². The van der Waals surface area contributed by atoms with Gasteiger partial charge in [0.2, 0.25) is 0 Å². The molecule has 46 heavy (non-hydrogen) atoms. The summed E-state index contributed by atoms with van der Waals surface area (Å²) in [6, 6.07) is 15.9. The van der Waals surface area contributed by atoms with Crippen LogP contribution in [0.1, 0.15) is 74.5 Å². The molecule has 0 radical (unpaired) electrons. The fourth-order valence-electron chi connectivity index (χ4n) is 6.70. The minimum atomic E-state index is -0.952. The summed E-state index contributed by atoms with van der Waals surface area (Å²) in [7, 11) is 3.29. The lowest BCUT2D eigenvalue weighted by Crippen LogP contribution is -2.35. The van der Waals surface area contributed by atoms with E-state index in [0.717, 1.165) is 72.7 Å². The number of halogens is 1. The number of imidazole rings is 1. The van der Waals surface area contributed by atoms with Crippen molar-refractivity contribution in [2.45, 2.75) is 50.5 Å². The van der Waals surface area contributed by atoms with Crippen molar-refractivity contribution in [3.05, 3.63) is 100 Å². The van der Waals surface area contributed by atoms with Crippen molar-refractivity contribution in [3.63, 3.8) is 0 Å². The molecule has 0 aliphatic carbocycles. The van der Waals surface area contributed by atoms with Gasteiger partial charge in [0.05, 0.1) is 35.8 Å². The normalized spacial score (nSPS) is 19.8. The average molecular weight is 625 g/mol. The van der Waals surface area contributed by atoms with Gasteiger partial charge in [0, 0.05) is 37.4 Å². The smallest absolute Gasteiger partial charge is 0.335 e. The molecule has 238 valence electrons. The molecule has 1 unspecified atom stereocenters. The second-order valence-electron chi connectivity index (χ2n) is 12.6. The van der Waals surface area contributed by atoms with Gasteiger partial charge in [-0.3, -0.25) is 9.69 Å². The minimum absolute atomic E-state index is 0.115. The number of para-hydroxylation sites is 1. The van der Waals surface area contributed by atoms with Crippen LogP contribution < -0.4 is 4.74 Å². The number of carbonyl (C=O) groups is 2. The molecular weight excluding hydrogens is 587 g/mol. The van der Waals surface area contributed by atoms with E-state index in [4.69, 9.17) is 14.5 Å². The zero-order valence-electron chi connectivity index (χ0n) is 26.0. The fourth-order valence-corrected chi connectivity index (χ4v) is 6.70. The summed E-state index contributed by atoms with van der Waals surface area (Å²) in [5.41, 5.74) is 4.67. The van der Waals surface area contributed by atoms with Gasteiger partial charge >= 0.3 is 5.97 Å². The van der Waals surface area contributed by atoms with Crippen molar-refractivity contribution in [1.29, 1.82) is 0 Å². The number of piperidine rings is 1. The summed E-state index contributed by atoms with van der Waals surface area (Å²) in [4.78, 5) is 32.7. The first-order valence-electron chi connectivity index (χ1n) is 15.8. The van der Waals surface area contributed by atoms with Gasteiger partial charge in [-0.15, -0.1) is 0 Å². The highest BCUT2D eigenvalue weighted by Gasteiger charge is 2.29. The van der Waals surface area contributed by atoms with Crippen molar-refractivity contribution >= 4 is 29.0 Å². The number of aromatic carboxylic acids is 1. The number of benzene rings is 3. The molecule has 2 atom stereocenters. The second kappa shape index (κ2) is 12.3. The number of fused-ring (bicyclic) bond motifs is 2. The number of ether oxygens (including phenoxy) is 2. The van der Waals surface area contributed by atoms with Gasteiger partial charge in [-0.2, -0.15) is 0 Å². The molecule has 4 aromatic rings. The Labute approximate surface area is 266 Å². The first-order valence-corrected chi connectivity index (χ1v) is 15.8. The average Bonchev–Trinajstić information content (AvgIpc) is 3.37. The molecule has 1 aromatic heterocycles. The quantitative estimate of drug-likeness (QED) is 0.261. The van der Waals surface area contributed by atoms with E-state index in [-0.39, 0.29) is 23.5 Å². The van der Waals surface area contributed by atoms with Crippen LogP contribution >= 0.6 is 0 Å². The predicted molar refractivity (Wildman–Crippen MR) is 172 cm³/mol. The van der Waals surface area contributed by atoms with Gasteiger partial charge in [-0.05, 0) is 80.2 Å². The summed E-state index contributed by atoms with van der Waals surface area (Å²) < 4.78 is 29.6. The van der Waals surface area contributed by atoms with Crippen LogP contribution in [0.25, 0.3) is 17.1 Å². The summed E-state index contributed by atoms with van der Waals surface area (Å²) in [5.74, 6) is 0.320. The van der Waals surface area contributed by atoms with Gasteiger partial charge in [0.25, 0.3) is 5.91 Å². The van der Waals surface area contributed by atoms with Crippen LogP contribution in [-0.2, 0) is 17.8 Å². The number of carbonyl (C=O) groups excluding carboxylic acids is 1. The summed E-state index contributed by atoms with van der Waals surface area (Å²) >= 11 is 0. The zero-order chi connectivity index (χ0) is 31.9. The van der Waals surface area contributed by atoms with Crippen molar-refractivity contribution in [1.82, 2.24) is 19.4 Å². The van der Waals surface area contributed by atoms with Crippen LogP contribution in [0.4, 0.5) is 4.39 Å². The number of rotatable bonds is 8. The highest BCUT2D eigenvalue weighted by molar-refractivity contribution is 5.94.